The highest BCUT2D eigenvalue weighted by Crippen LogP contribution is 2.20. The van der Waals surface area contributed by atoms with Gasteiger partial charge in [-0.25, -0.2) is 17.5 Å². The molecule has 0 saturated carbocycles. The summed E-state index contributed by atoms with van der Waals surface area (Å²) in [5, 5.41) is 2.77. The minimum absolute atomic E-state index is 0.107. The Bertz CT molecular complexity index is 834. The second-order valence-electron chi connectivity index (χ2n) is 5.35. The van der Waals surface area contributed by atoms with Gasteiger partial charge in [-0.2, -0.15) is 0 Å². The Kier molecular flexibility index (Phi) is 6.52. The van der Waals surface area contributed by atoms with Gasteiger partial charge >= 0.3 is 0 Å². The molecule has 0 saturated heterocycles. The van der Waals surface area contributed by atoms with Gasteiger partial charge in [0.1, 0.15) is 5.82 Å². The average Bonchev–Trinajstić information content (AvgIpc) is 2.57. The van der Waals surface area contributed by atoms with E-state index in [1.54, 1.807) is 0 Å². The lowest BCUT2D eigenvalue weighted by atomic mass is 10.1. The lowest BCUT2D eigenvalue weighted by Crippen LogP contribution is -2.24. The Labute approximate surface area is 151 Å². The highest BCUT2D eigenvalue weighted by molar-refractivity contribution is 7.89. The molecule has 2 aromatic rings. The predicted octanol–water partition coefficient (Wildman–Crippen LogP) is 3.35. The molecule has 0 radical (unpaired) electrons. The molecule has 1 amide bonds. The molecule has 0 fully saturated rings. The van der Waals surface area contributed by atoms with Gasteiger partial charge in [-0.1, -0.05) is 24.6 Å². The monoisotopic (exact) mass is 384 g/mol. The molecule has 0 aliphatic heterocycles. The van der Waals surface area contributed by atoms with Crippen molar-refractivity contribution in [1.29, 1.82) is 0 Å². The summed E-state index contributed by atoms with van der Waals surface area (Å²) in [7, 11) is -3.56. The maximum absolute atomic E-state index is 13.7. The first kappa shape index (κ1) is 19.4. The summed E-state index contributed by atoms with van der Waals surface area (Å²) in [4.78, 5) is 12.1. The van der Waals surface area contributed by atoms with Crippen LogP contribution in [0.4, 0.5) is 10.1 Å². The number of benzene rings is 2. The summed E-state index contributed by atoms with van der Waals surface area (Å²) in [6.45, 7) is 2.22. The molecule has 0 bridgehead atoms. The number of rotatable bonds is 7. The fraction of sp³-hybridized carbons (Fsp3) is 0.235. The van der Waals surface area contributed by atoms with Crippen LogP contribution in [0.15, 0.2) is 47.4 Å². The minimum atomic E-state index is -3.56. The molecule has 8 heteroatoms. The van der Waals surface area contributed by atoms with Crippen molar-refractivity contribution in [3.05, 3.63) is 58.9 Å². The van der Waals surface area contributed by atoms with Crippen molar-refractivity contribution in [3.63, 3.8) is 0 Å². The summed E-state index contributed by atoms with van der Waals surface area (Å²) in [6.07, 6.45) is 0.468. The SMILES string of the molecule is CCCNS(=O)(=O)c1ccc(NC(=O)Cc2c(F)cccc2Cl)cc1. The van der Waals surface area contributed by atoms with E-state index < -0.39 is 21.7 Å². The zero-order chi connectivity index (χ0) is 18.4. The number of halogens is 2. The maximum Gasteiger partial charge on any atom is 0.240 e. The van der Waals surface area contributed by atoms with E-state index in [4.69, 9.17) is 11.6 Å². The third-order valence-electron chi connectivity index (χ3n) is 3.39. The Hall–Kier alpha value is -1.96. The smallest absolute Gasteiger partial charge is 0.240 e. The first-order valence-electron chi connectivity index (χ1n) is 7.66. The molecule has 0 aliphatic rings. The van der Waals surface area contributed by atoms with Gasteiger partial charge in [0, 0.05) is 22.8 Å². The normalized spacial score (nSPS) is 11.3. The van der Waals surface area contributed by atoms with Crippen LogP contribution in [0.2, 0.25) is 5.02 Å². The highest BCUT2D eigenvalue weighted by atomic mass is 35.5. The van der Waals surface area contributed by atoms with E-state index in [1.807, 2.05) is 6.92 Å². The van der Waals surface area contributed by atoms with E-state index in [2.05, 4.69) is 10.0 Å². The van der Waals surface area contributed by atoms with Gasteiger partial charge in [-0.15, -0.1) is 0 Å². The minimum Gasteiger partial charge on any atom is -0.326 e. The summed E-state index contributed by atoms with van der Waals surface area (Å²) in [5.74, 6) is -1.00. The van der Waals surface area contributed by atoms with Gasteiger partial charge in [-0.05, 0) is 42.8 Å². The molecule has 2 rings (SSSR count). The lowest BCUT2D eigenvalue weighted by Gasteiger charge is -2.09. The third-order valence-corrected chi connectivity index (χ3v) is 5.22. The number of sulfonamides is 1. The third kappa shape index (κ3) is 5.26. The summed E-state index contributed by atoms with van der Waals surface area (Å²) in [5.41, 5.74) is 0.525. The first-order chi connectivity index (χ1) is 11.8. The van der Waals surface area contributed by atoms with Gasteiger partial charge in [0.15, 0.2) is 0 Å². The molecule has 2 N–H and O–H groups in total. The van der Waals surface area contributed by atoms with Gasteiger partial charge in [0.2, 0.25) is 15.9 Å². The number of hydrogen-bond acceptors (Lipinski definition) is 3. The van der Waals surface area contributed by atoms with E-state index in [1.165, 1.54) is 42.5 Å². The number of carbonyl (C=O) groups excluding carboxylic acids is 1. The second kappa shape index (κ2) is 8.42. The Balaban J connectivity index is 2.05. The fourth-order valence-electron chi connectivity index (χ4n) is 2.10. The van der Waals surface area contributed by atoms with Gasteiger partial charge in [0.05, 0.1) is 11.3 Å². The van der Waals surface area contributed by atoms with Crippen LogP contribution < -0.4 is 10.0 Å². The lowest BCUT2D eigenvalue weighted by molar-refractivity contribution is -0.115. The molecule has 0 unspecified atom stereocenters. The summed E-state index contributed by atoms with van der Waals surface area (Å²) < 4.78 is 40.1. The van der Waals surface area contributed by atoms with E-state index in [-0.39, 0.29) is 21.9 Å². The Morgan fingerprint density at radius 3 is 2.44 bits per heavy atom. The topological polar surface area (TPSA) is 75.3 Å². The van der Waals surface area contributed by atoms with E-state index in [9.17, 15) is 17.6 Å². The molecule has 0 aromatic heterocycles. The van der Waals surface area contributed by atoms with Crippen molar-refractivity contribution in [1.82, 2.24) is 4.72 Å². The molecular formula is C17H18ClFN2O3S. The standard InChI is InChI=1S/C17H18ClFN2O3S/c1-2-10-20-25(23,24)13-8-6-12(7-9-13)21-17(22)11-14-15(18)4-3-5-16(14)19/h3-9,20H,2,10-11H2,1H3,(H,21,22). The molecule has 0 spiro atoms. The number of carbonyl (C=O) groups is 1. The maximum atomic E-state index is 13.7. The Morgan fingerprint density at radius 2 is 1.84 bits per heavy atom. The predicted molar refractivity (Wildman–Crippen MR) is 95.7 cm³/mol. The zero-order valence-electron chi connectivity index (χ0n) is 13.6. The van der Waals surface area contributed by atoms with Crippen LogP contribution >= 0.6 is 11.6 Å². The summed E-state index contributed by atoms with van der Waals surface area (Å²) >= 11 is 5.90. The van der Waals surface area contributed by atoms with Crippen molar-refractivity contribution >= 4 is 33.2 Å². The van der Waals surface area contributed by atoms with E-state index in [0.717, 1.165) is 0 Å². The molecule has 5 nitrogen and oxygen atoms in total. The quantitative estimate of drug-likeness (QED) is 0.768. The van der Waals surface area contributed by atoms with E-state index in [0.29, 0.717) is 18.7 Å². The van der Waals surface area contributed by atoms with Gasteiger partial charge in [0.25, 0.3) is 0 Å². The molecule has 0 atom stereocenters. The largest absolute Gasteiger partial charge is 0.326 e. The van der Waals surface area contributed by atoms with Crippen molar-refractivity contribution in [2.24, 2.45) is 0 Å². The van der Waals surface area contributed by atoms with Crippen LogP contribution in [-0.2, 0) is 21.2 Å². The Morgan fingerprint density at radius 1 is 1.16 bits per heavy atom. The fourth-order valence-corrected chi connectivity index (χ4v) is 3.47. The van der Waals surface area contributed by atoms with Gasteiger partial charge < -0.3 is 5.32 Å². The molecule has 0 heterocycles. The van der Waals surface area contributed by atoms with Crippen molar-refractivity contribution < 1.29 is 17.6 Å². The van der Waals surface area contributed by atoms with Crippen LogP contribution in [0.25, 0.3) is 0 Å². The average molecular weight is 385 g/mol. The number of hydrogen-bond donors (Lipinski definition) is 2. The molecule has 2 aromatic carbocycles. The van der Waals surface area contributed by atoms with Crippen molar-refractivity contribution in [3.8, 4) is 0 Å². The van der Waals surface area contributed by atoms with Gasteiger partial charge in [-0.3, -0.25) is 4.79 Å². The molecule has 134 valence electrons. The van der Waals surface area contributed by atoms with Crippen LogP contribution in [0.3, 0.4) is 0 Å². The van der Waals surface area contributed by atoms with Crippen LogP contribution in [0.1, 0.15) is 18.9 Å². The van der Waals surface area contributed by atoms with Crippen LogP contribution in [0.5, 0.6) is 0 Å². The van der Waals surface area contributed by atoms with Crippen molar-refractivity contribution in [2.45, 2.75) is 24.7 Å². The molecular weight excluding hydrogens is 367 g/mol. The highest BCUT2D eigenvalue weighted by Gasteiger charge is 2.14. The summed E-state index contributed by atoms with van der Waals surface area (Å²) in [6, 6.07) is 9.94. The zero-order valence-corrected chi connectivity index (χ0v) is 15.1. The molecule has 0 aliphatic carbocycles. The first-order valence-corrected chi connectivity index (χ1v) is 9.52. The number of amides is 1. The number of anilines is 1. The second-order valence-corrected chi connectivity index (χ2v) is 7.52. The molecule has 25 heavy (non-hydrogen) atoms. The van der Waals surface area contributed by atoms with Crippen LogP contribution in [0, 0.1) is 5.82 Å². The van der Waals surface area contributed by atoms with E-state index >= 15 is 0 Å². The van der Waals surface area contributed by atoms with Crippen molar-refractivity contribution in [2.75, 3.05) is 11.9 Å². The van der Waals surface area contributed by atoms with Crippen LogP contribution in [-0.4, -0.2) is 20.9 Å². The number of nitrogens with one attached hydrogen (secondary N) is 2.